The van der Waals surface area contributed by atoms with Crippen LogP contribution in [0.25, 0.3) is 0 Å². The molecule has 0 aliphatic heterocycles. The predicted octanol–water partition coefficient (Wildman–Crippen LogP) is 3.23. The molecular weight excluding hydrogens is 194 g/mol. The fourth-order valence-electron chi connectivity index (χ4n) is 3.31. The zero-order chi connectivity index (χ0) is 11.0. The van der Waals surface area contributed by atoms with E-state index in [0.717, 1.165) is 5.92 Å². The minimum atomic E-state index is 0.397. The van der Waals surface area contributed by atoms with E-state index in [-0.39, 0.29) is 0 Å². The maximum absolute atomic E-state index is 6.40. The summed E-state index contributed by atoms with van der Waals surface area (Å²) in [5.41, 5.74) is 9.48. The van der Waals surface area contributed by atoms with Crippen LogP contribution in [0.3, 0.4) is 0 Å². The van der Waals surface area contributed by atoms with Gasteiger partial charge in [0.15, 0.2) is 0 Å². The largest absolute Gasteiger partial charge is 0.327 e. The molecule has 0 radical (unpaired) electrons. The lowest BCUT2D eigenvalue weighted by Gasteiger charge is -2.30. The molecule has 1 aromatic carbocycles. The molecule has 2 atom stereocenters. The molecule has 86 valence electrons. The molecule has 2 N–H and O–H groups in total. The first-order valence-electron chi connectivity index (χ1n) is 6.68. The number of fused-ring (bicyclic) bond motifs is 1. The molecule has 1 heteroatoms. The van der Waals surface area contributed by atoms with Gasteiger partial charge in [-0.25, -0.2) is 0 Å². The van der Waals surface area contributed by atoms with Gasteiger partial charge < -0.3 is 5.73 Å². The normalized spacial score (nSPS) is 26.2. The minimum absolute atomic E-state index is 0.397. The predicted molar refractivity (Wildman–Crippen MR) is 67.4 cm³/mol. The first kappa shape index (κ1) is 10.3. The van der Waals surface area contributed by atoms with Gasteiger partial charge in [0.05, 0.1) is 0 Å². The molecule has 2 unspecified atom stereocenters. The molecule has 0 bridgehead atoms. The van der Waals surface area contributed by atoms with Gasteiger partial charge in [0, 0.05) is 6.04 Å². The highest BCUT2D eigenvalue weighted by atomic mass is 14.7. The first-order valence-corrected chi connectivity index (χ1v) is 6.68. The Labute approximate surface area is 98.0 Å². The zero-order valence-corrected chi connectivity index (χ0v) is 9.86. The molecule has 3 rings (SSSR count). The summed E-state index contributed by atoms with van der Waals surface area (Å²) in [5.74, 6) is 1.57. The van der Waals surface area contributed by atoms with Crippen molar-refractivity contribution in [3.8, 4) is 0 Å². The van der Waals surface area contributed by atoms with E-state index < -0.39 is 0 Å². The Kier molecular flexibility index (Phi) is 2.72. The smallest absolute Gasteiger partial charge is 0.0111 e. The third-order valence-corrected chi connectivity index (χ3v) is 4.53. The van der Waals surface area contributed by atoms with Crippen LogP contribution < -0.4 is 5.73 Å². The highest BCUT2D eigenvalue weighted by Crippen LogP contribution is 2.39. The van der Waals surface area contributed by atoms with Gasteiger partial charge in [-0.2, -0.15) is 0 Å². The SMILES string of the molecule is NC(CC1CCC1)C1CCc2ccccc21. The molecule has 0 heterocycles. The molecule has 0 saturated heterocycles. The van der Waals surface area contributed by atoms with Crippen LogP contribution in [0.5, 0.6) is 0 Å². The molecule has 1 nitrogen and oxygen atoms in total. The second-order valence-electron chi connectivity index (χ2n) is 5.54. The lowest BCUT2D eigenvalue weighted by Crippen LogP contribution is -2.31. The van der Waals surface area contributed by atoms with Crippen LogP contribution in [0.1, 0.15) is 49.1 Å². The maximum atomic E-state index is 6.40. The van der Waals surface area contributed by atoms with Crippen LogP contribution in [0.4, 0.5) is 0 Å². The molecule has 0 spiro atoms. The molecule has 1 saturated carbocycles. The van der Waals surface area contributed by atoms with Gasteiger partial charge in [0.2, 0.25) is 0 Å². The summed E-state index contributed by atoms with van der Waals surface area (Å²) in [6, 6.07) is 9.26. The van der Waals surface area contributed by atoms with E-state index in [1.54, 1.807) is 0 Å². The standard InChI is InChI=1S/C15H21N/c16-15(10-11-4-3-5-11)14-9-8-12-6-1-2-7-13(12)14/h1-2,6-7,11,14-15H,3-5,8-10,16H2. The van der Waals surface area contributed by atoms with E-state index in [1.807, 2.05) is 0 Å². The van der Waals surface area contributed by atoms with Gasteiger partial charge in [-0.05, 0) is 42.2 Å². The number of nitrogens with two attached hydrogens (primary N) is 1. The fraction of sp³-hybridized carbons (Fsp3) is 0.600. The van der Waals surface area contributed by atoms with Crippen molar-refractivity contribution in [1.82, 2.24) is 0 Å². The molecular formula is C15H21N. The van der Waals surface area contributed by atoms with Crippen molar-refractivity contribution >= 4 is 0 Å². The minimum Gasteiger partial charge on any atom is -0.327 e. The van der Waals surface area contributed by atoms with E-state index >= 15 is 0 Å². The van der Waals surface area contributed by atoms with Gasteiger partial charge >= 0.3 is 0 Å². The van der Waals surface area contributed by atoms with Gasteiger partial charge in [-0.1, -0.05) is 43.5 Å². The average Bonchev–Trinajstić information content (AvgIpc) is 2.67. The van der Waals surface area contributed by atoms with Crippen LogP contribution in [0.15, 0.2) is 24.3 Å². The first-order chi connectivity index (χ1) is 7.84. The lowest BCUT2D eigenvalue weighted by molar-refractivity contribution is 0.263. The van der Waals surface area contributed by atoms with Gasteiger partial charge in [0.1, 0.15) is 0 Å². The molecule has 1 fully saturated rings. The summed E-state index contributed by atoms with van der Waals surface area (Å²) in [7, 11) is 0. The molecule has 2 aliphatic carbocycles. The molecule has 2 aliphatic rings. The molecule has 1 aromatic rings. The Balaban J connectivity index is 1.71. The Morgan fingerprint density at radius 1 is 1.19 bits per heavy atom. The van der Waals surface area contributed by atoms with Gasteiger partial charge in [-0.15, -0.1) is 0 Å². The zero-order valence-electron chi connectivity index (χ0n) is 9.86. The second-order valence-corrected chi connectivity index (χ2v) is 5.54. The maximum Gasteiger partial charge on any atom is 0.0111 e. The Hall–Kier alpha value is -0.820. The summed E-state index contributed by atoms with van der Waals surface area (Å²) in [5, 5.41) is 0. The summed E-state index contributed by atoms with van der Waals surface area (Å²) < 4.78 is 0. The number of benzene rings is 1. The van der Waals surface area contributed by atoms with Crippen LogP contribution in [-0.2, 0) is 6.42 Å². The number of hydrogen-bond acceptors (Lipinski definition) is 1. The molecule has 16 heavy (non-hydrogen) atoms. The highest BCUT2D eigenvalue weighted by Gasteiger charge is 2.30. The van der Waals surface area contributed by atoms with Gasteiger partial charge in [0.25, 0.3) is 0 Å². The quantitative estimate of drug-likeness (QED) is 0.823. The van der Waals surface area contributed by atoms with E-state index in [2.05, 4.69) is 24.3 Å². The number of hydrogen-bond donors (Lipinski definition) is 1. The third kappa shape index (κ3) is 1.78. The number of rotatable bonds is 3. The van der Waals surface area contributed by atoms with Crippen molar-refractivity contribution in [3.05, 3.63) is 35.4 Å². The van der Waals surface area contributed by atoms with Crippen LogP contribution >= 0.6 is 0 Å². The van der Waals surface area contributed by atoms with E-state index in [4.69, 9.17) is 5.73 Å². The van der Waals surface area contributed by atoms with Crippen molar-refractivity contribution in [2.24, 2.45) is 11.7 Å². The monoisotopic (exact) mass is 215 g/mol. The Morgan fingerprint density at radius 3 is 2.75 bits per heavy atom. The van der Waals surface area contributed by atoms with Crippen molar-refractivity contribution in [2.75, 3.05) is 0 Å². The van der Waals surface area contributed by atoms with Crippen LogP contribution in [0, 0.1) is 5.92 Å². The van der Waals surface area contributed by atoms with Crippen LogP contribution in [-0.4, -0.2) is 6.04 Å². The van der Waals surface area contributed by atoms with Crippen molar-refractivity contribution in [2.45, 2.75) is 50.5 Å². The summed E-state index contributed by atoms with van der Waals surface area (Å²) in [6.07, 6.45) is 8.02. The highest BCUT2D eigenvalue weighted by molar-refractivity contribution is 5.35. The molecule has 0 aromatic heterocycles. The average molecular weight is 215 g/mol. The summed E-state index contributed by atoms with van der Waals surface area (Å²) in [6.45, 7) is 0. The summed E-state index contributed by atoms with van der Waals surface area (Å²) in [4.78, 5) is 0. The van der Waals surface area contributed by atoms with Crippen molar-refractivity contribution in [3.63, 3.8) is 0 Å². The van der Waals surface area contributed by atoms with Crippen LogP contribution in [0.2, 0.25) is 0 Å². The Bertz CT molecular complexity index is 367. The van der Waals surface area contributed by atoms with E-state index in [9.17, 15) is 0 Å². The number of aryl methyl sites for hydroxylation is 1. The van der Waals surface area contributed by atoms with Gasteiger partial charge in [-0.3, -0.25) is 0 Å². The second kappa shape index (κ2) is 4.21. The molecule has 0 amide bonds. The summed E-state index contributed by atoms with van der Waals surface area (Å²) >= 11 is 0. The van der Waals surface area contributed by atoms with Crippen molar-refractivity contribution < 1.29 is 0 Å². The fourth-order valence-corrected chi connectivity index (χ4v) is 3.31. The Morgan fingerprint density at radius 2 is 2.00 bits per heavy atom. The lowest BCUT2D eigenvalue weighted by atomic mass is 9.77. The van der Waals surface area contributed by atoms with E-state index in [0.29, 0.717) is 12.0 Å². The third-order valence-electron chi connectivity index (χ3n) is 4.53. The van der Waals surface area contributed by atoms with Crippen molar-refractivity contribution in [1.29, 1.82) is 0 Å². The van der Waals surface area contributed by atoms with E-state index in [1.165, 1.54) is 49.7 Å². The topological polar surface area (TPSA) is 26.0 Å².